The van der Waals surface area contributed by atoms with Crippen LogP contribution in [0, 0.1) is 0 Å². The second-order valence-corrected chi connectivity index (χ2v) is 9.27. The molecule has 0 aromatic heterocycles. The molecule has 3 N–H and O–H groups in total. The molecule has 2 aliphatic rings. The molecule has 1 aromatic carbocycles. The van der Waals surface area contributed by atoms with Gasteiger partial charge in [-0.25, -0.2) is 14.6 Å². The first-order valence-electron chi connectivity index (χ1n) is 11.7. The summed E-state index contributed by atoms with van der Waals surface area (Å²) < 4.78 is 5.28. The number of ether oxygens (including phenoxy) is 1. The van der Waals surface area contributed by atoms with Gasteiger partial charge in [0, 0.05) is 11.3 Å². The van der Waals surface area contributed by atoms with Crippen LogP contribution >= 0.6 is 0 Å². The van der Waals surface area contributed by atoms with Crippen molar-refractivity contribution in [3.05, 3.63) is 82.7 Å². The minimum Gasteiger partial charge on any atom is -0.477 e. The predicted molar refractivity (Wildman–Crippen MR) is 140 cm³/mol. The van der Waals surface area contributed by atoms with Crippen LogP contribution in [-0.4, -0.2) is 34.4 Å². The van der Waals surface area contributed by atoms with E-state index in [4.69, 9.17) is 4.74 Å². The van der Waals surface area contributed by atoms with Gasteiger partial charge in [-0.2, -0.15) is 0 Å². The third kappa shape index (κ3) is 6.69. The zero-order valence-electron chi connectivity index (χ0n) is 21.1. The number of anilines is 1. The average molecular weight is 490 g/mol. The Kier molecular flexibility index (Phi) is 8.09. The van der Waals surface area contributed by atoms with E-state index in [0.29, 0.717) is 29.7 Å². The number of carboxylic acids is 1. The maximum Gasteiger partial charge on any atom is 0.412 e. The van der Waals surface area contributed by atoms with Gasteiger partial charge in [-0.1, -0.05) is 30.4 Å². The van der Waals surface area contributed by atoms with Crippen molar-refractivity contribution >= 4 is 34.9 Å². The summed E-state index contributed by atoms with van der Waals surface area (Å²) in [5, 5.41) is 14.9. The summed E-state index contributed by atoms with van der Waals surface area (Å²) in [5.41, 5.74) is 3.61. The van der Waals surface area contributed by atoms with E-state index in [9.17, 15) is 19.5 Å². The summed E-state index contributed by atoms with van der Waals surface area (Å²) in [6.07, 6.45) is 9.52. The Bertz CT molecular complexity index is 1250. The van der Waals surface area contributed by atoms with Crippen molar-refractivity contribution in [2.75, 3.05) is 5.32 Å². The largest absolute Gasteiger partial charge is 0.477 e. The highest BCUT2D eigenvalue weighted by Crippen LogP contribution is 2.30. The summed E-state index contributed by atoms with van der Waals surface area (Å²) in [6, 6.07) is 7.26. The number of aliphatic carboxylic acids is 1. The molecule has 188 valence electrons. The standard InChI is InChI=1S/C28H31N3O5/c1-6-17-8-9-20(19-10-13-21(14-11-19)29-27(35)36-28(3,4)5)16-22(17)25(32)31-23-15-12-18(7-2)24(30-23)26(33)34/h6-7,9-11,13-16H,8,12H2,1-5H3,(H,29,35)(H,31,32)(H,33,34)/b17-6-,18-7-. The van der Waals surface area contributed by atoms with E-state index in [1.807, 2.05) is 31.2 Å². The Hall–Kier alpha value is -4.20. The summed E-state index contributed by atoms with van der Waals surface area (Å²) in [5.74, 6) is -1.28. The second kappa shape index (κ2) is 11.0. The maximum atomic E-state index is 13.1. The van der Waals surface area contributed by atoms with Crippen LogP contribution in [0.15, 0.2) is 82.2 Å². The molecule has 0 saturated heterocycles. The number of allylic oxidation sites excluding steroid dienone is 6. The number of aliphatic imine (C=N–C) groups is 1. The van der Waals surface area contributed by atoms with Gasteiger partial charge in [-0.3, -0.25) is 10.1 Å². The fraction of sp³-hybridized carbons (Fsp3) is 0.286. The second-order valence-electron chi connectivity index (χ2n) is 9.27. The molecular weight excluding hydrogens is 458 g/mol. The number of rotatable bonds is 5. The molecule has 2 amide bonds. The lowest BCUT2D eigenvalue weighted by molar-refractivity contribution is -0.129. The van der Waals surface area contributed by atoms with Crippen molar-refractivity contribution in [2.24, 2.45) is 4.99 Å². The number of carboxylic acid groups (broad SMARTS) is 1. The number of hydrogen-bond acceptors (Lipinski definition) is 5. The van der Waals surface area contributed by atoms with Crippen molar-refractivity contribution in [3.63, 3.8) is 0 Å². The van der Waals surface area contributed by atoms with Crippen molar-refractivity contribution in [2.45, 2.75) is 53.1 Å². The molecule has 1 aromatic rings. The van der Waals surface area contributed by atoms with Gasteiger partial charge in [-0.15, -0.1) is 0 Å². The third-order valence-electron chi connectivity index (χ3n) is 5.49. The molecule has 3 rings (SSSR count). The number of amides is 2. The Morgan fingerprint density at radius 1 is 0.972 bits per heavy atom. The Balaban J connectivity index is 1.77. The lowest BCUT2D eigenvalue weighted by Gasteiger charge is -2.20. The zero-order chi connectivity index (χ0) is 26.5. The van der Waals surface area contributed by atoms with E-state index in [0.717, 1.165) is 16.7 Å². The summed E-state index contributed by atoms with van der Waals surface area (Å²) in [4.78, 5) is 40.8. The summed E-state index contributed by atoms with van der Waals surface area (Å²) >= 11 is 0. The van der Waals surface area contributed by atoms with Crippen LogP contribution in [0.3, 0.4) is 0 Å². The average Bonchev–Trinajstić information content (AvgIpc) is 2.82. The van der Waals surface area contributed by atoms with Gasteiger partial charge in [0.15, 0.2) is 5.71 Å². The highest BCUT2D eigenvalue weighted by molar-refractivity contribution is 6.43. The molecular formula is C28H31N3O5. The normalized spacial score (nSPS) is 18.0. The first-order chi connectivity index (χ1) is 17.0. The lowest BCUT2D eigenvalue weighted by atomic mass is 9.90. The quantitative estimate of drug-likeness (QED) is 0.503. The first kappa shape index (κ1) is 26.4. The van der Waals surface area contributed by atoms with Crippen LogP contribution in [0.4, 0.5) is 10.5 Å². The third-order valence-corrected chi connectivity index (χ3v) is 5.49. The molecule has 8 heteroatoms. The highest BCUT2D eigenvalue weighted by atomic mass is 16.6. The number of benzene rings is 1. The molecule has 0 saturated carbocycles. The van der Waals surface area contributed by atoms with E-state index in [-0.39, 0.29) is 17.4 Å². The number of carbonyl (C=O) groups excluding carboxylic acids is 2. The van der Waals surface area contributed by atoms with Crippen LogP contribution in [0.5, 0.6) is 0 Å². The number of carbonyl (C=O) groups is 3. The molecule has 0 bridgehead atoms. The SMILES string of the molecule is C/C=C1/CC=C(c2ccc(NC(=O)OC(C)(C)C)cc2)C=C1C(=O)NC1=CC/C(=C/C)C(C(=O)O)=N1. The van der Waals surface area contributed by atoms with Gasteiger partial charge in [0.1, 0.15) is 11.4 Å². The number of nitrogens with one attached hydrogen (secondary N) is 2. The van der Waals surface area contributed by atoms with E-state index in [1.54, 1.807) is 58.1 Å². The maximum absolute atomic E-state index is 13.1. The number of hydrogen-bond donors (Lipinski definition) is 3. The summed E-state index contributed by atoms with van der Waals surface area (Å²) in [6.45, 7) is 9.01. The molecule has 0 unspecified atom stereocenters. The molecule has 8 nitrogen and oxygen atoms in total. The van der Waals surface area contributed by atoms with Gasteiger partial charge >= 0.3 is 12.1 Å². The molecule has 36 heavy (non-hydrogen) atoms. The van der Waals surface area contributed by atoms with Gasteiger partial charge in [0.25, 0.3) is 5.91 Å². The topological polar surface area (TPSA) is 117 Å². The Morgan fingerprint density at radius 3 is 2.19 bits per heavy atom. The van der Waals surface area contributed by atoms with Crippen molar-refractivity contribution < 1.29 is 24.2 Å². The van der Waals surface area contributed by atoms with Crippen molar-refractivity contribution in [3.8, 4) is 0 Å². The molecule has 0 spiro atoms. The van der Waals surface area contributed by atoms with Crippen LogP contribution < -0.4 is 10.6 Å². The van der Waals surface area contributed by atoms with Crippen LogP contribution in [0.25, 0.3) is 5.57 Å². The fourth-order valence-electron chi connectivity index (χ4n) is 3.73. The molecule has 1 aliphatic heterocycles. The minimum atomic E-state index is -1.14. The van der Waals surface area contributed by atoms with E-state index < -0.39 is 17.7 Å². The molecule has 1 heterocycles. The zero-order valence-corrected chi connectivity index (χ0v) is 21.1. The van der Waals surface area contributed by atoms with Crippen LogP contribution in [0.1, 0.15) is 53.0 Å². The van der Waals surface area contributed by atoms with Gasteiger partial charge in [-0.05, 0) is 94.0 Å². The van der Waals surface area contributed by atoms with E-state index in [2.05, 4.69) is 15.6 Å². The molecule has 0 atom stereocenters. The van der Waals surface area contributed by atoms with E-state index >= 15 is 0 Å². The molecule has 0 fully saturated rings. The van der Waals surface area contributed by atoms with Crippen molar-refractivity contribution in [1.29, 1.82) is 0 Å². The summed E-state index contributed by atoms with van der Waals surface area (Å²) in [7, 11) is 0. The highest BCUT2D eigenvalue weighted by Gasteiger charge is 2.23. The lowest BCUT2D eigenvalue weighted by Crippen LogP contribution is -2.28. The Labute approximate surface area is 210 Å². The van der Waals surface area contributed by atoms with E-state index in [1.165, 1.54) is 0 Å². The van der Waals surface area contributed by atoms with Gasteiger partial charge in [0.05, 0.1) is 0 Å². The smallest absolute Gasteiger partial charge is 0.412 e. The molecule has 1 aliphatic carbocycles. The monoisotopic (exact) mass is 489 g/mol. The van der Waals surface area contributed by atoms with Gasteiger partial charge in [0.2, 0.25) is 0 Å². The molecule has 0 radical (unpaired) electrons. The van der Waals surface area contributed by atoms with Crippen LogP contribution in [0.2, 0.25) is 0 Å². The number of nitrogens with zero attached hydrogens (tertiary/aromatic N) is 1. The predicted octanol–water partition coefficient (Wildman–Crippen LogP) is 5.53. The van der Waals surface area contributed by atoms with Crippen molar-refractivity contribution in [1.82, 2.24) is 5.32 Å². The minimum absolute atomic E-state index is 0.0696. The fourth-order valence-corrected chi connectivity index (χ4v) is 3.73. The Morgan fingerprint density at radius 2 is 1.61 bits per heavy atom. The van der Waals surface area contributed by atoms with Crippen LogP contribution in [-0.2, 0) is 14.3 Å². The first-order valence-corrected chi connectivity index (χ1v) is 11.7. The van der Waals surface area contributed by atoms with Gasteiger partial charge < -0.3 is 15.2 Å².